The molecule has 0 radical (unpaired) electrons. The van der Waals surface area contributed by atoms with Crippen LogP contribution in [0.25, 0.3) is 0 Å². The largest absolute Gasteiger partial charge is 0.395 e. The summed E-state index contributed by atoms with van der Waals surface area (Å²) in [5.74, 6) is 5.05. The van der Waals surface area contributed by atoms with E-state index in [4.69, 9.17) is 5.11 Å². The summed E-state index contributed by atoms with van der Waals surface area (Å²) in [5.41, 5.74) is 0.834. The van der Waals surface area contributed by atoms with Crippen LogP contribution < -0.4 is 4.72 Å². The third-order valence-corrected chi connectivity index (χ3v) is 4.24. The number of halogens is 1. The maximum absolute atomic E-state index is 13.7. The second-order valence-corrected chi connectivity index (χ2v) is 6.93. The Hall–Kier alpha value is -1.42. The van der Waals surface area contributed by atoms with Crippen molar-refractivity contribution in [2.24, 2.45) is 5.92 Å². The average Bonchev–Trinajstić information content (AvgIpc) is 2.38. The molecule has 0 spiro atoms. The van der Waals surface area contributed by atoms with E-state index in [0.29, 0.717) is 12.0 Å². The van der Waals surface area contributed by atoms with Gasteiger partial charge in [0.25, 0.3) is 0 Å². The van der Waals surface area contributed by atoms with Crippen molar-refractivity contribution in [3.8, 4) is 11.8 Å². The highest BCUT2D eigenvalue weighted by Gasteiger charge is 2.13. The van der Waals surface area contributed by atoms with Gasteiger partial charge in [-0.1, -0.05) is 25.7 Å². The van der Waals surface area contributed by atoms with Crippen molar-refractivity contribution in [3.63, 3.8) is 0 Å². The van der Waals surface area contributed by atoms with Crippen molar-refractivity contribution in [3.05, 3.63) is 35.1 Å². The molecular weight excluding hydrogens is 293 g/mol. The van der Waals surface area contributed by atoms with Crippen LogP contribution >= 0.6 is 0 Å². The van der Waals surface area contributed by atoms with Crippen LogP contribution in [-0.2, 0) is 16.6 Å². The molecular formula is C15H20FNO3S. The Labute approximate surface area is 125 Å². The molecule has 0 unspecified atom stereocenters. The minimum Gasteiger partial charge on any atom is -0.395 e. The number of aliphatic hydroxyl groups excluding tert-OH is 1. The van der Waals surface area contributed by atoms with Crippen molar-refractivity contribution in [1.29, 1.82) is 0 Å². The first-order chi connectivity index (χ1) is 9.84. The van der Waals surface area contributed by atoms with Crippen LogP contribution in [0.3, 0.4) is 0 Å². The van der Waals surface area contributed by atoms with E-state index in [1.165, 1.54) is 18.2 Å². The number of rotatable bonds is 6. The van der Waals surface area contributed by atoms with Crippen molar-refractivity contribution in [2.75, 3.05) is 12.4 Å². The molecule has 1 aromatic rings. The van der Waals surface area contributed by atoms with Gasteiger partial charge < -0.3 is 5.11 Å². The monoisotopic (exact) mass is 313 g/mol. The van der Waals surface area contributed by atoms with Gasteiger partial charge in [-0.15, -0.1) is 0 Å². The molecule has 0 aliphatic heterocycles. The van der Waals surface area contributed by atoms with Crippen LogP contribution in [0, 0.1) is 23.6 Å². The molecule has 116 valence electrons. The second kappa shape index (κ2) is 8.13. The van der Waals surface area contributed by atoms with Crippen LogP contribution in [0.1, 0.15) is 31.4 Å². The summed E-state index contributed by atoms with van der Waals surface area (Å²) in [6.07, 6.45) is 0.341. The first kappa shape index (κ1) is 17.6. The SMILES string of the molecule is CC(C)CS(=O)(=O)NCc1cc(C#CCCO)ccc1F. The molecule has 1 rings (SSSR count). The lowest BCUT2D eigenvalue weighted by Gasteiger charge is -2.09. The van der Waals surface area contributed by atoms with Gasteiger partial charge >= 0.3 is 0 Å². The highest BCUT2D eigenvalue weighted by atomic mass is 32.2. The summed E-state index contributed by atoms with van der Waals surface area (Å²) in [6, 6.07) is 4.29. The van der Waals surface area contributed by atoms with Gasteiger partial charge in [-0.05, 0) is 24.1 Å². The van der Waals surface area contributed by atoms with Crippen LogP contribution in [0.4, 0.5) is 4.39 Å². The van der Waals surface area contributed by atoms with Crippen molar-refractivity contribution >= 4 is 10.0 Å². The minimum atomic E-state index is -3.42. The Morgan fingerprint density at radius 2 is 2.10 bits per heavy atom. The predicted octanol–water partition coefficient (Wildman–Crippen LogP) is 1.63. The lowest BCUT2D eigenvalue weighted by molar-refractivity contribution is 0.305. The van der Waals surface area contributed by atoms with Gasteiger partial charge in [0.05, 0.1) is 12.4 Å². The molecule has 0 bridgehead atoms. The lowest BCUT2D eigenvalue weighted by atomic mass is 10.1. The lowest BCUT2D eigenvalue weighted by Crippen LogP contribution is -2.28. The summed E-state index contributed by atoms with van der Waals surface area (Å²) in [4.78, 5) is 0. The van der Waals surface area contributed by atoms with Gasteiger partial charge in [-0.2, -0.15) is 0 Å². The van der Waals surface area contributed by atoms with Gasteiger partial charge in [0.1, 0.15) is 5.82 Å². The fourth-order valence-electron chi connectivity index (χ4n) is 1.69. The quantitative estimate of drug-likeness (QED) is 0.785. The smallest absolute Gasteiger partial charge is 0.212 e. The van der Waals surface area contributed by atoms with Crippen molar-refractivity contribution in [1.82, 2.24) is 4.72 Å². The molecule has 0 fully saturated rings. The standard InChI is InChI=1S/C15H20FNO3S/c1-12(2)11-21(19,20)17-10-14-9-13(5-3-4-8-18)6-7-15(14)16/h6-7,9,12,17-18H,4,8,10-11H2,1-2H3. The van der Waals surface area contributed by atoms with Gasteiger partial charge in [0, 0.05) is 24.1 Å². The Morgan fingerprint density at radius 3 is 2.71 bits per heavy atom. The van der Waals surface area contributed by atoms with E-state index >= 15 is 0 Å². The summed E-state index contributed by atoms with van der Waals surface area (Å²) in [5, 5.41) is 8.65. The molecule has 0 aliphatic rings. The summed E-state index contributed by atoms with van der Waals surface area (Å²) in [6.45, 7) is 3.47. The summed E-state index contributed by atoms with van der Waals surface area (Å²) in [7, 11) is -3.42. The molecule has 21 heavy (non-hydrogen) atoms. The molecule has 1 aromatic carbocycles. The molecule has 0 saturated heterocycles. The first-order valence-corrected chi connectivity index (χ1v) is 8.35. The third kappa shape index (κ3) is 6.71. The van der Waals surface area contributed by atoms with E-state index < -0.39 is 15.8 Å². The van der Waals surface area contributed by atoms with E-state index in [-0.39, 0.29) is 30.4 Å². The Kier molecular flexibility index (Phi) is 6.82. The fraction of sp³-hybridized carbons (Fsp3) is 0.467. The normalized spacial score (nSPS) is 11.3. The van der Waals surface area contributed by atoms with Crippen molar-refractivity contribution in [2.45, 2.75) is 26.8 Å². The molecule has 0 amide bonds. The fourth-order valence-corrected chi connectivity index (χ4v) is 3.06. The van der Waals surface area contributed by atoms with E-state index in [2.05, 4.69) is 16.6 Å². The Balaban J connectivity index is 2.80. The average molecular weight is 313 g/mol. The van der Waals surface area contributed by atoms with Crippen LogP contribution in [0.15, 0.2) is 18.2 Å². The first-order valence-electron chi connectivity index (χ1n) is 6.69. The maximum Gasteiger partial charge on any atom is 0.212 e. The molecule has 0 aliphatic carbocycles. The zero-order chi connectivity index (χ0) is 15.9. The van der Waals surface area contributed by atoms with Gasteiger partial charge in [0.15, 0.2) is 0 Å². The molecule has 4 nitrogen and oxygen atoms in total. The number of nitrogens with one attached hydrogen (secondary N) is 1. The number of aliphatic hydroxyl groups is 1. The Bertz CT molecular complexity index is 630. The van der Waals surface area contributed by atoms with Crippen LogP contribution in [0.5, 0.6) is 0 Å². The molecule has 0 aromatic heterocycles. The highest BCUT2D eigenvalue weighted by Crippen LogP contribution is 2.11. The number of hydrogen-bond donors (Lipinski definition) is 2. The molecule has 0 saturated carbocycles. The number of hydrogen-bond acceptors (Lipinski definition) is 3. The zero-order valence-electron chi connectivity index (χ0n) is 12.2. The van der Waals surface area contributed by atoms with E-state index in [1.807, 2.05) is 0 Å². The molecule has 2 N–H and O–H groups in total. The van der Waals surface area contributed by atoms with Gasteiger partial charge in [-0.25, -0.2) is 17.5 Å². The highest BCUT2D eigenvalue weighted by molar-refractivity contribution is 7.89. The van der Waals surface area contributed by atoms with Crippen LogP contribution in [-0.4, -0.2) is 25.9 Å². The Morgan fingerprint density at radius 1 is 1.38 bits per heavy atom. The number of benzene rings is 1. The van der Waals surface area contributed by atoms with E-state index in [9.17, 15) is 12.8 Å². The van der Waals surface area contributed by atoms with Crippen molar-refractivity contribution < 1.29 is 17.9 Å². The topological polar surface area (TPSA) is 66.4 Å². The third-order valence-electron chi connectivity index (χ3n) is 2.55. The molecule has 6 heteroatoms. The molecule has 0 atom stereocenters. The maximum atomic E-state index is 13.7. The number of sulfonamides is 1. The zero-order valence-corrected chi connectivity index (χ0v) is 13.0. The summed E-state index contributed by atoms with van der Waals surface area (Å²) >= 11 is 0. The summed E-state index contributed by atoms with van der Waals surface area (Å²) < 4.78 is 39.5. The van der Waals surface area contributed by atoms with E-state index in [0.717, 1.165) is 0 Å². The van der Waals surface area contributed by atoms with Gasteiger partial charge in [-0.3, -0.25) is 0 Å². The second-order valence-electron chi connectivity index (χ2n) is 5.08. The molecule has 0 heterocycles. The van der Waals surface area contributed by atoms with Gasteiger partial charge in [0.2, 0.25) is 10.0 Å². The van der Waals surface area contributed by atoms with Crippen LogP contribution in [0.2, 0.25) is 0 Å². The predicted molar refractivity (Wildman–Crippen MR) is 80.4 cm³/mol. The minimum absolute atomic E-state index is 0.00281. The van der Waals surface area contributed by atoms with E-state index in [1.54, 1.807) is 13.8 Å².